The topological polar surface area (TPSA) is 12.9 Å². The van der Waals surface area contributed by atoms with E-state index in [1.165, 1.54) is 0 Å². The summed E-state index contributed by atoms with van der Waals surface area (Å²) in [6.07, 6.45) is 4.57. The molecule has 0 fully saturated rings. The molecule has 64 valence electrons. The molecule has 1 atom stereocenters. The molecule has 0 radical (unpaired) electrons. The van der Waals surface area contributed by atoms with Crippen LogP contribution < -0.4 is 0 Å². The molecule has 1 heterocycles. The SMILES string of the molecule is C=CCC(C)c1cc(Cl)ccn1. The predicted molar refractivity (Wildman–Crippen MR) is 52.5 cm³/mol. The van der Waals surface area contributed by atoms with Gasteiger partial charge in [0, 0.05) is 22.8 Å². The Labute approximate surface area is 78.1 Å². The number of nitrogens with zero attached hydrogens (tertiary/aromatic N) is 1. The minimum atomic E-state index is 0.404. The van der Waals surface area contributed by atoms with Crippen LogP contribution in [0.3, 0.4) is 0 Å². The zero-order chi connectivity index (χ0) is 8.97. The van der Waals surface area contributed by atoms with Crippen LogP contribution in [0.5, 0.6) is 0 Å². The second-order valence-electron chi connectivity index (χ2n) is 2.82. The Morgan fingerprint density at radius 1 is 1.75 bits per heavy atom. The average Bonchev–Trinajstić information content (AvgIpc) is 2.05. The van der Waals surface area contributed by atoms with Gasteiger partial charge in [0.05, 0.1) is 0 Å². The Balaban J connectivity index is 2.80. The third kappa shape index (κ3) is 2.35. The lowest BCUT2D eigenvalue weighted by molar-refractivity contribution is 0.750. The Hall–Kier alpha value is -0.820. The van der Waals surface area contributed by atoms with Crippen molar-refractivity contribution in [2.45, 2.75) is 19.3 Å². The van der Waals surface area contributed by atoms with Crippen molar-refractivity contribution in [2.24, 2.45) is 0 Å². The van der Waals surface area contributed by atoms with Gasteiger partial charge < -0.3 is 0 Å². The van der Waals surface area contributed by atoms with E-state index in [-0.39, 0.29) is 0 Å². The van der Waals surface area contributed by atoms with Gasteiger partial charge in [-0.15, -0.1) is 6.58 Å². The monoisotopic (exact) mass is 181 g/mol. The maximum atomic E-state index is 5.82. The summed E-state index contributed by atoms with van der Waals surface area (Å²) >= 11 is 5.82. The molecule has 2 heteroatoms. The first-order valence-electron chi connectivity index (χ1n) is 3.96. The summed E-state index contributed by atoms with van der Waals surface area (Å²) in [5.74, 6) is 0.404. The van der Waals surface area contributed by atoms with Gasteiger partial charge in [-0.1, -0.05) is 24.6 Å². The Morgan fingerprint density at radius 2 is 2.50 bits per heavy atom. The molecule has 0 aromatic carbocycles. The molecule has 1 nitrogen and oxygen atoms in total. The molecule has 0 saturated heterocycles. The molecule has 0 spiro atoms. The van der Waals surface area contributed by atoms with Gasteiger partial charge in [0.1, 0.15) is 0 Å². The molecule has 0 N–H and O–H groups in total. The van der Waals surface area contributed by atoms with E-state index in [9.17, 15) is 0 Å². The van der Waals surface area contributed by atoms with E-state index in [1.54, 1.807) is 12.3 Å². The first-order valence-corrected chi connectivity index (χ1v) is 4.34. The van der Waals surface area contributed by atoms with E-state index >= 15 is 0 Å². The molecular weight excluding hydrogens is 170 g/mol. The zero-order valence-electron chi connectivity index (χ0n) is 7.13. The van der Waals surface area contributed by atoms with Crippen LogP contribution in [-0.2, 0) is 0 Å². The smallest absolute Gasteiger partial charge is 0.0449 e. The summed E-state index contributed by atoms with van der Waals surface area (Å²) in [7, 11) is 0. The Bertz CT molecular complexity index is 270. The predicted octanol–water partition coefficient (Wildman–Crippen LogP) is 3.41. The van der Waals surface area contributed by atoms with Crippen molar-refractivity contribution >= 4 is 11.6 Å². The van der Waals surface area contributed by atoms with Crippen LogP contribution in [0.15, 0.2) is 31.0 Å². The van der Waals surface area contributed by atoms with Gasteiger partial charge in [0.2, 0.25) is 0 Å². The van der Waals surface area contributed by atoms with Gasteiger partial charge >= 0.3 is 0 Å². The van der Waals surface area contributed by atoms with Gasteiger partial charge in [-0.3, -0.25) is 4.98 Å². The van der Waals surface area contributed by atoms with Crippen molar-refractivity contribution in [1.29, 1.82) is 0 Å². The van der Waals surface area contributed by atoms with Crippen LogP contribution in [-0.4, -0.2) is 4.98 Å². The third-order valence-electron chi connectivity index (χ3n) is 1.77. The second-order valence-corrected chi connectivity index (χ2v) is 3.26. The van der Waals surface area contributed by atoms with E-state index < -0.39 is 0 Å². The van der Waals surface area contributed by atoms with Gasteiger partial charge in [0.15, 0.2) is 0 Å². The van der Waals surface area contributed by atoms with E-state index in [2.05, 4.69) is 18.5 Å². The molecule has 0 aliphatic carbocycles. The molecule has 0 aliphatic heterocycles. The van der Waals surface area contributed by atoms with Gasteiger partial charge in [-0.2, -0.15) is 0 Å². The molecule has 0 saturated carbocycles. The van der Waals surface area contributed by atoms with Crippen molar-refractivity contribution in [3.8, 4) is 0 Å². The highest BCUT2D eigenvalue weighted by Crippen LogP contribution is 2.19. The van der Waals surface area contributed by atoms with Gasteiger partial charge in [-0.05, 0) is 18.6 Å². The molecule has 1 rings (SSSR count). The van der Waals surface area contributed by atoms with Crippen molar-refractivity contribution in [3.05, 3.63) is 41.7 Å². The third-order valence-corrected chi connectivity index (χ3v) is 2.00. The lowest BCUT2D eigenvalue weighted by Gasteiger charge is -2.07. The molecule has 0 amide bonds. The summed E-state index contributed by atoms with van der Waals surface area (Å²) in [4.78, 5) is 4.23. The number of pyridine rings is 1. The number of aromatic nitrogens is 1. The zero-order valence-corrected chi connectivity index (χ0v) is 7.88. The van der Waals surface area contributed by atoms with Gasteiger partial charge in [0.25, 0.3) is 0 Å². The lowest BCUT2D eigenvalue weighted by Crippen LogP contribution is -1.94. The molecular formula is C10H12ClN. The van der Waals surface area contributed by atoms with E-state index in [0.717, 1.165) is 17.1 Å². The summed E-state index contributed by atoms with van der Waals surface area (Å²) in [5.41, 5.74) is 1.03. The molecule has 1 unspecified atom stereocenters. The fourth-order valence-electron chi connectivity index (χ4n) is 1.06. The van der Waals surface area contributed by atoms with Crippen LogP contribution in [0.4, 0.5) is 0 Å². The highest BCUT2D eigenvalue weighted by molar-refractivity contribution is 6.30. The quantitative estimate of drug-likeness (QED) is 0.652. The van der Waals surface area contributed by atoms with Crippen molar-refractivity contribution < 1.29 is 0 Å². The summed E-state index contributed by atoms with van der Waals surface area (Å²) < 4.78 is 0. The average molecular weight is 182 g/mol. The van der Waals surface area contributed by atoms with Crippen LogP contribution in [0.1, 0.15) is 25.0 Å². The number of halogens is 1. The molecule has 0 bridgehead atoms. The van der Waals surface area contributed by atoms with Crippen LogP contribution in [0.25, 0.3) is 0 Å². The number of hydrogen-bond acceptors (Lipinski definition) is 1. The first-order chi connectivity index (χ1) is 5.74. The van der Waals surface area contributed by atoms with E-state index in [0.29, 0.717) is 5.92 Å². The number of allylic oxidation sites excluding steroid dienone is 1. The standard InChI is InChI=1S/C10H12ClN/c1-3-4-8(2)10-7-9(11)5-6-12-10/h3,5-8H,1,4H2,2H3. The fraction of sp³-hybridized carbons (Fsp3) is 0.300. The van der Waals surface area contributed by atoms with Crippen molar-refractivity contribution in [3.63, 3.8) is 0 Å². The van der Waals surface area contributed by atoms with Crippen molar-refractivity contribution in [2.75, 3.05) is 0 Å². The minimum Gasteiger partial charge on any atom is -0.261 e. The van der Waals surface area contributed by atoms with Crippen LogP contribution in [0.2, 0.25) is 5.02 Å². The Kier molecular flexibility index (Phi) is 3.30. The van der Waals surface area contributed by atoms with Crippen LogP contribution >= 0.6 is 11.6 Å². The maximum absolute atomic E-state index is 5.82. The largest absolute Gasteiger partial charge is 0.261 e. The first kappa shape index (κ1) is 9.27. The molecule has 1 aromatic heterocycles. The number of rotatable bonds is 3. The van der Waals surface area contributed by atoms with Crippen molar-refractivity contribution in [1.82, 2.24) is 4.98 Å². The highest BCUT2D eigenvalue weighted by atomic mass is 35.5. The summed E-state index contributed by atoms with van der Waals surface area (Å²) in [5, 5.41) is 0.746. The second kappa shape index (κ2) is 4.27. The van der Waals surface area contributed by atoms with Crippen LogP contribution in [0, 0.1) is 0 Å². The van der Waals surface area contributed by atoms with Gasteiger partial charge in [-0.25, -0.2) is 0 Å². The number of hydrogen-bond donors (Lipinski definition) is 0. The minimum absolute atomic E-state index is 0.404. The maximum Gasteiger partial charge on any atom is 0.0449 e. The lowest BCUT2D eigenvalue weighted by atomic mass is 10.0. The highest BCUT2D eigenvalue weighted by Gasteiger charge is 2.04. The molecule has 1 aromatic rings. The molecule has 12 heavy (non-hydrogen) atoms. The van der Waals surface area contributed by atoms with E-state index in [4.69, 9.17) is 11.6 Å². The van der Waals surface area contributed by atoms with E-state index in [1.807, 2.05) is 12.1 Å². The Morgan fingerprint density at radius 3 is 3.08 bits per heavy atom. The normalized spacial score (nSPS) is 12.5. The summed E-state index contributed by atoms with van der Waals surface area (Å²) in [6, 6.07) is 3.68. The summed E-state index contributed by atoms with van der Waals surface area (Å²) in [6.45, 7) is 5.80. The molecule has 0 aliphatic rings. The fourth-order valence-corrected chi connectivity index (χ4v) is 1.23.